The van der Waals surface area contributed by atoms with Crippen molar-refractivity contribution < 1.29 is 14.3 Å². The van der Waals surface area contributed by atoms with E-state index in [2.05, 4.69) is 45.0 Å². The van der Waals surface area contributed by atoms with Gasteiger partial charge in [-0.15, -0.1) is 0 Å². The Hall–Kier alpha value is -3.60. The summed E-state index contributed by atoms with van der Waals surface area (Å²) in [6.45, 7) is 8.14. The predicted octanol–water partition coefficient (Wildman–Crippen LogP) is 6.37. The van der Waals surface area contributed by atoms with Crippen molar-refractivity contribution >= 4 is 11.8 Å². The van der Waals surface area contributed by atoms with Crippen molar-refractivity contribution in [2.24, 2.45) is 0 Å². The Kier molecular flexibility index (Phi) is 8.88. The maximum atomic E-state index is 14.0. The van der Waals surface area contributed by atoms with E-state index in [-0.39, 0.29) is 23.3 Å². The van der Waals surface area contributed by atoms with E-state index >= 15 is 0 Å². The fourth-order valence-electron chi connectivity index (χ4n) is 4.94. The summed E-state index contributed by atoms with van der Waals surface area (Å²) in [5.41, 5.74) is 3.62. The lowest BCUT2D eigenvalue weighted by molar-refractivity contribution is 0.0605. The summed E-state index contributed by atoms with van der Waals surface area (Å²) in [5.74, 6) is 0.543. The van der Waals surface area contributed by atoms with E-state index in [9.17, 15) is 9.59 Å². The number of nitrogens with zero attached hydrogens (tertiary/aromatic N) is 2. The Labute approximate surface area is 227 Å². The molecule has 0 aromatic heterocycles. The molecule has 0 aliphatic carbocycles. The number of para-hydroxylation sites is 1. The van der Waals surface area contributed by atoms with Crippen LogP contribution in [0.3, 0.4) is 0 Å². The SMILES string of the molecule is CN1CCCCCN(C(=O)c2ccc(C(C)(C)C)cc2)[C@H](Cc2ccccc2)COc2ccccc2C1=O. The molecule has 1 aliphatic rings. The summed E-state index contributed by atoms with van der Waals surface area (Å²) in [4.78, 5) is 30.9. The minimum Gasteiger partial charge on any atom is -0.491 e. The molecule has 3 aromatic rings. The molecule has 0 unspecified atom stereocenters. The van der Waals surface area contributed by atoms with Crippen molar-refractivity contribution in [2.75, 3.05) is 26.7 Å². The first-order chi connectivity index (χ1) is 18.2. The van der Waals surface area contributed by atoms with E-state index in [1.165, 1.54) is 5.56 Å². The Balaban J connectivity index is 1.68. The lowest BCUT2D eigenvalue weighted by Crippen LogP contribution is -2.45. The van der Waals surface area contributed by atoms with Gasteiger partial charge in [0, 0.05) is 25.7 Å². The number of hydrogen-bond acceptors (Lipinski definition) is 3. The van der Waals surface area contributed by atoms with Crippen molar-refractivity contribution in [1.29, 1.82) is 0 Å². The highest BCUT2D eigenvalue weighted by Gasteiger charge is 2.27. The average Bonchev–Trinajstić information content (AvgIpc) is 2.93. The van der Waals surface area contributed by atoms with Crippen LogP contribution in [-0.4, -0.2) is 54.4 Å². The molecular weight excluding hydrogens is 472 g/mol. The Morgan fingerprint density at radius 3 is 2.24 bits per heavy atom. The van der Waals surface area contributed by atoms with Crippen molar-refractivity contribution in [3.8, 4) is 5.75 Å². The molecule has 0 fully saturated rings. The number of rotatable bonds is 3. The number of ether oxygens (including phenoxy) is 1. The zero-order valence-electron chi connectivity index (χ0n) is 23.2. The van der Waals surface area contributed by atoms with Gasteiger partial charge in [-0.3, -0.25) is 9.59 Å². The van der Waals surface area contributed by atoms with E-state index in [1.54, 1.807) is 4.90 Å². The lowest BCUT2D eigenvalue weighted by Gasteiger charge is -2.32. The molecule has 1 atom stereocenters. The van der Waals surface area contributed by atoms with E-state index in [4.69, 9.17) is 4.74 Å². The summed E-state index contributed by atoms with van der Waals surface area (Å²) < 4.78 is 6.34. The maximum absolute atomic E-state index is 14.0. The molecule has 5 heteroatoms. The van der Waals surface area contributed by atoms with Crippen LogP contribution in [0.4, 0.5) is 0 Å². The molecular formula is C33H40N2O3. The molecule has 5 nitrogen and oxygen atoms in total. The Bertz CT molecular complexity index is 1210. The fourth-order valence-corrected chi connectivity index (χ4v) is 4.94. The summed E-state index contributed by atoms with van der Waals surface area (Å²) >= 11 is 0. The molecule has 0 saturated heterocycles. The summed E-state index contributed by atoms with van der Waals surface area (Å²) in [5, 5.41) is 0. The first-order valence-corrected chi connectivity index (χ1v) is 13.7. The second kappa shape index (κ2) is 12.3. The predicted molar refractivity (Wildman–Crippen MR) is 153 cm³/mol. The molecule has 1 heterocycles. The highest BCUT2D eigenvalue weighted by atomic mass is 16.5. The van der Waals surface area contributed by atoms with Crippen LogP contribution in [0, 0.1) is 0 Å². The van der Waals surface area contributed by atoms with Crippen LogP contribution >= 0.6 is 0 Å². The molecule has 200 valence electrons. The largest absolute Gasteiger partial charge is 0.491 e. The highest BCUT2D eigenvalue weighted by molar-refractivity contribution is 5.97. The van der Waals surface area contributed by atoms with Crippen LogP contribution in [0.2, 0.25) is 0 Å². The van der Waals surface area contributed by atoms with E-state index < -0.39 is 0 Å². The zero-order chi connectivity index (χ0) is 27.1. The van der Waals surface area contributed by atoms with Gasteiger partial charge in [-0.2, -0.15) is 0 Å². The minimum atomic E-state index is -0.186. The van der Waals surface area contributed by atoms with Gasteiger partial charge in [-0.05, 0) is 66.5 Å². The van der Waals surface area contributed by atoms with Gasteiger partial charge in [0.25, 0.3) is 11.8 Å². The Morgan fingerprint density at radius 2 is 1.53 bits per heavy atom. The van der Waals surface area contributed by atoms with Gasteiger partial charge in [0.1, 0.15) is 12.4 Å². The van der Waals surface area contributed by atoms with Gasteiger partial charge in [0.15, 0.2) is 0 Å². The van der Waals surface area contributed by atoms with Gasteiger partial charge >= 0.3 is 0 Å². The summed E-state index contributed by atoms with van der Waals surface area (Å²) in [6.07, 6.45) is 3.36. The van der Waals surface area contributed by atoms with Crippen LogP contribution < -0.4 is 4.74 Å². The number of carbonyl (C=O) groups excluding carboxylic acids is 2. The average molecular weight is 513 g/mol. The van der Waals surface area contributed by atoms with Gasteiger partial charge in [-0.1, -0.05) is 75.4 Å². The number of amides is 2. The number of benzene rings is 3. The van der Waals surface area contributed by atoms with Gasteiger partial charge < -0.3 is 14.5 Å². The second-order valence-corrected chi connectivity index (χ2v) is 11.3. The van der Waals surface area contributed by atoms with Crippen LogP contribution in [0.25, 0.3) is 0 Å². The van der Waals surface area contributed by atoms with Crippen LogP contribution in [0.15, 0.2) is 78.9 Å². The molecule has 3 aromatic carbocycles. The van der Waals surface area contributed by atoms with E-state index in [0.29, 0.717) is 43.0 Å². The number of carbonyl (C=O) groups is 2. The molecule has 0 bridgehead atoms. The molecule has 1 aliphatic heterocycles. The van der Waals surface area contributed by atoms with E-state index in [1.807, 2.05) is 66.5 Å². The number of hydrogen-bond donors (Lipinski definition) is 0. The zero-order valence-corrected chi connectivity index (χ0v) is 23.2. The topological polar surface area (TPSA) is 49.9 Å². The summed E-state index contributed by atoms with van der Waals surface area (Å²) in [6, 6.07) is 25.5. The van der Waals surface area contributed by atoms with Crippen LogP contribution in [-0.2, 0) is 11.8 Å². The summed E-state index contributed by atoms with van der Waals surface area (Å²) in [7, 11) is 1.84. The first kappa shape index (κ1) is 27.4. The molecule has 2 amide bonds. The van der Waals surface area contributed by atoms with Crippen molar-refractivity contribution in [2.45, 2.75) is 57.9 Å². The first-order valence-electron chi connectivity index (χ1n) is 13.7. The molecule has 0 spiro atoms. The van der Waals surface area contributed by atoms with Gasteiger partial charge in [0.05, 0.1) is 11.6 Å². The lowest BCUT2D eigenvalue weighted by atomic mass is 9.86. The highest BCUT2D eigenvalue weighted by Crippen LogP contribution is 2.25. The fraction of sp³-hybridized carbons (Fsp3) is 0.394. The van der Waals surface area contributed by atoms with Crippen molar-refractivity contribution in [3.63, 3.8) is 0 Å². The molecule has 0 radical (unpaired) electrons. The second-order valence-electron chi connectivity index (χ2n) is 11.3. The Morgan fingerprint density at radius 1 is 0.868 bits per heavy atom. The smallest absolute Gasteiger partial charge is 0.257 e. The molecule has 0 saturated carbocycles. The van der Waals surface area contributed by atoms with Crippen LogP contribution in [0.1, 0.15) is 71.9 Å². The quantitative estimate of drug-likeness (QED) is 0.410. The van der Waals surface area contributed by atoms with E-state index in [0.717, 1.165) is 24.8 Å². The van der Waals surface area contributed by atoms with Gasteiger partial charge in [0.2, 0.25) is 0 Å². The van der Waals surface area contributed by atoms with Crippen LogP contribution in [0.5, 0.6) is 5.75 Å². The standard InChI is InChI=1S/C33H40N2O3/c1-33(2,3)27-19-17-26(18-20-27)31(36)35-22-12-6-11-21-34(4)32(37)29-15-9-10-16-30(29)38-24-28(35)23-25-13-7-5-8-14-25/h5,7-10,13-20,28H,6,11-12,21-24H2,1-4H3/t28-/m1/s1. The third-order valence-corrected chi connectivity index (χ3v) is 7.30. The van der Waals surface area contributed by atoms with Crippen molar-refractivity contribution in [3.05, 3.63) is 101 Å². The minimum absolute atomic E-state index is 0.0198. The van der Waals surface area contributed by atoms with Crippen molar-refractivity contribution in [1.82, 2.24) is 9.80 Å². The third kappa shape index (κ3) is 6.83. The van der Waals surface area contributed by atoms with Gasteiger partial charge in [-0.25, -0.2) is 0 Å². The normalized spacial score (nSPS) is 17.5. The monoisotopic (exact) mass is 512 g/mol. The maximum Gasteiger partial charge on any atom is 0.257 e. The molecule has 38 heavy (non-hydrogen) atoms. The molecule has 0 N–H and O–H groups in total. The number of fused-ring (bicyclic) bond motifs is 1. The molecule has 4 rings (SSSR count). The third-order valence-electron chi connectivity index (χ3n) is 7.30.